The Morgan fingerprint density at radius 2 is 1.94 bits per heavy atom. The van der Waals surface area contributed by atoms with Gasteiger partial charge in [-0.25, -0.2) is 8.42 Å². The molecule has 1 N–H and O–H groups in total. The van der Waals surface area contributed by atoms with E-state index in [0.717, 1.165) is 39.4 Å². The Labute approximate surface area is 97.1 Å². The molecule has 0 radical (unpaired) electrons. The summed E-state index contributed by atoms with van der Waals surface area (Å²) in [6.45, 7) is 5.56. The van der Waals surface area contributed by atoms with Gasteiger partial charge in [0.2, 0.25) is 0 Å². The maximum absolute atomic E-state index is 11.8. The van der Waals surface area contributed by atoms with Crippen molar-refractivity contribution >= 4 is 9.84 Å². The number of ether oxygens (including phenoxy) is 1. The molecule has 0 saturated carbocycles. The predicted molar refractivity (Wildman–Crippen MR) is 62.3 cm³/mol. The average Bonchev–Trinajstić information content (AvgIpc) is 2.23. The van der Waals surface area contributed by atoms with E-state index in [4.69, 9.17) is 4.74 Å². The molecule has 0 bridgehead atoms. The molecule has 94 valence electrons. The molecule has 16 heavy (non-hydrogen) atoms. The van der Waals surface area contributed by atoms with E-state index < -0.39 is 9.84 Å². The summed E-state index contributed by atoms with van der Waals surface area (Å²) in [5.41, 5.74) is 0. The molecule has 0 unspecified atom stereocenters. The third-order valence-electron chi connectivity index (χ3n) is 3.18. The van der Waals surface area contributed by atoms with Gasteiger partial charge in [0, 0.05) is 32.7 Å². The van der Waals surface area contributed by atoms with Crippen molar-refractivity contribution in [3.63, 3.8) is 0 Å². The minimum absolute atomic E-state index is 0.295. The fourth-order valence-electron chi connectivity index (χ4n) is 2.00. The number of sulfone groups is 1. The van der Waals surface area contributed by atoms with Crippen LogP contribution < -0.4 is 5.32 Å². The standard InChI is InChI=1S/C10H20N2O3S/c13-16(14,9-10-7-11-8-10)6-3-12-1-4-15-5-2-12/h10-11H,1-9H2. The van der Waals surface area contributed by atoms with Crippen LogP contribution in [0, 0.1) is 5.92 Å². The first-order valence-electron chi connectivity index (χ1n) is 5.87. The van der Waals surface area contributed by atoms with Crippen molar-refractivity contribution in [2.75, 3.05) is 57.4 Å². The normalized spacial score (nSPS) is 24.2. The number of hydrogen-bond donors (Lipinski definition) is 1. The van der Waals surface area contributed by atoms with Crippen molar-refractivity contribution in [3.8, 4) is 0 Å². The molecule has 0 aliphatic carbocycles. The molecule has 2 aliphatic heterocycles. The van der Waals surface area contributed by atoms with Gasteiger partial charge in [-0.05, 0) is 5.92 Å². The summed E-state index contributed by atoms with van der Waals surface area (Å²) >= 11 is 0. The number of nitrogens with zero attached hydrogens (tertiary/aromatic N) is 1. The third kappa shape index (κ3) is 3.69. The quantitative estimate of drug-likeness (QED) is 0.673. The maximum atomic E-state index is 11.8. The second-order valence-electron chi connectivity index (χ2n) is 4.59. The molecule has 2 aliphatic rings. The molecule has 0 aromatic heterocycles. The van der Waals surface area contributed by atoms with Crippen molar-refractivity contribution in [3.05, 3.63) is 0 Å². The van der Waals surface area contributed by atoms with Crippen molar-refractivity contribution in [1.82, 2.24) is 10.2 Å². The second-order valence-corrected chi connectivity index (χ2v) is 6.82. The van der Waals surface area contributed by atoms with Gasteiger partial charge in [0.15, 0.2) is 9.84 Å². The predicted octanol–water partition coefficient (Wildman–Crippen LogP) is -1.05. The lowest BCUT2D eigenvalue weighted by molar-refractivity contribution is 0.0408. The highest BCUT2D eigenvalue weighted by Crippen LogP contribution is 2.08. The highest BCUT2D eigenvalue weighted by molar-refractivity contribution is 7.91. The van der Waals surface area contributed by atoms with Gasteiger partial charge in [-0.15, -0.1) is 0 Å². The van der Waals surface area contributed by atoms with Crippen LogP contribution in [-0.4, -0.2) is 70.8 Å². The summed E-state index contributed by atoms with van der Waals surface area (Å²) in [6.07, 6.45) is 0. The molecular weight excluding hydrogens is 228 g/mol. The van der Waals surface area contributed by atoms with Gasteiger partial charge in [0.1, 0.15) is 0 Å². The second kappa shape index (κ2) is 5.44. The summed E-state index contributed by atoms with van der Waals surface area (Å²) in [6, 6.07) is 0. The lowest BCUT2D eigenvalue weighted by atomic mass is 10.1. The van der Waals surface area contributed by atoms with Crippen LogP contribution in [-0.2, 0) is 14.6 Å². The zero-order valence-electron chi connectivity index (χ0n) is 9.52. The van der Waals surface area contributed by atoms with Gasteiger partial charge in [0.25, 0.3) is 0 Å². The Bertz CT molecular complexity index is 308. The fourth-order valence-corrected chi connectivity index (χ4v) is 3.66. The Morgan fingerprint density at radius 3 is 2.50 bits per heavy atom. The van der Waals surface area contributed by atoms with Crippen molar-refractivity contribution in [2.24, 2.45) is 5.92 Å². The maximum Gasteiger partial charge on any atom is 0.151 e. The summed E-state index contributed by atoms with van der Waals surface area (Å²) in [4.78, 5) is 2.17. The number of morpholine rings is 1. The van der Waals surface area contributed by atoms with Crippen LogP contribution in [0.25, 0.3) is 0 Å². The van der Waals surface area contributed by atoms with E-state index in [2.05, 4.69) is 10.2 Å². The monoisotopic (exact) mass is 248 g/mol. The molecule has 0 aromatic rings. The van der Waals surface area contributed by atoms with Crippen LogP contribution in [0.4, 0.5) is 0 Å². The molecule has 6 heteroatoms. The van der Waals surface area contributed by atoms with Gasteiger partial charge in [0.05, 0.1) is 24.7 Å². The van der Waals surface area contributed by atoms with Gasteiger partial charge < -0.3 is 10.1 Å². The molecule has 2 fully saturated rings. The van der Waals surface area contributed by atoms with Crippen molar-refractivity contribution < 1.29 is 13.2 Å². The van der Waals surface area contributed by atoms with E-state index in [1.807, 2.05) is 0 Å². The Balaban J connectivity index is 1.70. The molecule has 2 heterocycles. The van der Waals surface area contributed by atoms with Crippen LogP contribution in [0.15, 0.2) is 0 Å². The molecular formula is C10H20N2O3S. The van der Waals surface area contributed by atoms with Crippen LogP contribution >= 0.6 is 0 Å². The van der Waals surface area contributed by atoms with Crippen molar-refractivity contribution in [2.45, 2.75) is 0 Å². The molecule has 2 saturated heterocycles. The number of nitrogens with one attached hydrogen (secondary N) is 1. The van der Waals surface area contributed by atoms with Gasteiger partial charge >= 0.3 is 0 Å². The molecule has 0 spiro atoms. The lowest BCUT2D eigenvalue weighted by Gasteiger charge is -2.28. The van der Waals surface area contributed by atoms with E-state index >= 15 is 0 Å². The Morgan fingerprint density at radius 1 is 1.25 bits per heavy atom. The third-order valence-corrected chi connectivity index (χ3v) is 4.96. The van der Waals surface area contributed by atoms with Crippen LogP contribution in [0.2, 0.25) is 0 Å². The topological polar surface area (TPSA) is 58.6 Å². The zero-order valence-corrected chi connectivity index (χ0v) is 10.3. The lowest BCUT2D eigenvalue weighted by Crippen LogP contribution is -2.46. The molecule has 0 amide bonds. The number of rotatable bonds is 5. The smallest absolute Gasteiger partial charge is 0.151 e. The first-order valence-corrected chi connectivity index (χ1v) is 7.69. The fraction of sp³-hybridized carbons (Fsp3) is 1.00. The highest BCUT2D eigenvalue weighted by Gasteiger charge is 2.24. The molecule has 0 aromatic carbocycles. The molecule has 0 atom stereocenters. The van der Waals surface area contributed by atoms with Gasteiger partial charge in [-0.2, -0.15) is 0 Å². The minimum atomic E-state index is -2.86. The van der Waals surface area contributed by atoms with Crippen LogP contribution in [0.1, 0.15) is 0 Å². The van der Waals surface area contributed by atoms with E-state index in [0.29, 0.717) is 24.0 Å². The Kier molecular flexibility index (Phi) is 4.18. The van der Waals surface area contributed by atoms with E-state index in [9.17, 15) is 8.42 Å². The van der Waals surface area contributed by atoms with Gasteiger partial charge in [-0.3, -0.25) is 4.90 Å². The minimum Gasteiger partial charge on any atom is -0.379 e. The van der Waals surface area contributed by atoms with Crippen LogP contribution in [0.3, 0.4) is 0 Å². The molecule has 5 nitrogen and oxygen atoms in total. The average molecular weight is 248 g/mol. The highest BCUT2D eigenvalue weighted by atomic mass is 32.2. The zero-order chi connectivity index (χ0) is 11.4. The molecule has 2 rings (SSSR count). The Hall–Kier alpha value is -0.170. The summed E-state index contributed by atoms with van der Waals surface area (Å²) in [7, 11) is -2.86. The van der Waals surface area contributed by atoms with E-state index in [1.165, 1.54) is 0 Å². The van der Waals surface area contributed by atoms with E-state index in [-0.39, 0.29) is 0 Å². The SMILES string of the molecule is O=S(=O)(CCN1CCOCC1)CC1CNC1. The first kappa shape index (κ1) is 12.3. The largest absolute Gasteiger partial charge is 0.379 e. The summed E-state index contributed by atoms with van der Waals surface area (Å²) in [5, 5.41) is 3.10. The van der Waals surface area contributed by atoms with Crippen molar-refractivity contribution in [1.29, 1.82) is 0 Å². The summed E-state index contributed by atoms with van der Waals surface area (Å²) < 4.78 is 28.8. The van der Waals surface area contributed by atoms with E-state index in [1.54, 1.807) is 0 Å². The summed E-state index contributed by atoms with van der Waals surface area (Å²) in [5.74, 6) is 0.989. The van der Waals surface area contributed by atoms with Crippen LogP contribution in [0.5, 0.6) is 0 Å². The first-order chi connectivity index (χ1) is 7.66. The number of hydrogen-bond acceptors (Lipinski definition) is 5. The van der Waals surface area contributed by atoms with Gasteiger partial charge in [-0.1, -0.05) is 0 Å².